The van der Waals surface area contributed by atoms with E-state index in [1.807, 2.05) is 0 Å². The maximum atomic E-state index is 10.1. The van der Waals surface area contributed by atoms with Gasteiger partial charge in [-0.25, -0.2) is 0 Å². The van der Waals surface area contributed by atoms with Gasteiger partial charge in [-0.3, -0.25) is 0 Å². The first-order valence-electron chi connectivity index (χ1n) is 2.85. The second-order valence-corrected chi connectivity index (χ2v) is 2.60. The molecule has 1 aromatic heterocycles. The number of carbonyl (C=O) groups is 1. The molecule has 0 aliphatic carbocycles. The van der Waals surface area contributed by atoms with E-state index in [9.17, 15) is 4.79 Å². The second kappa shape index (κ2) is 3.64. The molecule has 0 unspecified atom stereocenters. The SMILES string of the molecule is O=CCc1c(Cl)cnnc1Cl. The summed E-state index contributed by atoms with van der Waals surface area (Å²) in [5, 5.41) is 7.58. The number of rotatable bonds is 2. The molecule has 58 valence electrons. The fourth-order valence-electron chi connectivity index (χ4n) is 0.632. The monoisotopic (exact) mass is 190 g/mol. The third kappa shape index (κ3) is 1.88. The van der Waals surface area contributed by atoms with E-state index in [4.69, 9.17) is 23.2 Å². The van der Waals surface area contributed by atoms with Crippen LogP contribution in [0.3, 0.4) is 0 Å². The van der Waals surface area contributed by atoms with Gasteiger partial charge in [-0.05, 0) is 0 Å². The molecule has 1 heterocycles. The molecule has 0 N–H and O–H groups in total. The highest BCUT2D eigenvalue weighted by atomic mass is 35.5. The van der Waals surface area contributed by atoms with Gasteiger partial charge in [-0.15, -0.1) is 5.10 Å². The second-order valence-electron chi connectivity index (χ2n) is 1.83. The molecule has 11 heavy (non-hydrogen) atoms. The number of aldehydes is 1. The van der Waals surface area contributed by atoms with E-state index in [0.29, 0.717) is 10.6 Å². The van der Waals surface area contributed by atoms with Crippen molar-refractivity contribution in [1.82, 2.24) is 10.2 Å². The number of hydrogen-bond donors (Lipinski definition) is 0. The maximum absolute atomic E-state index is 10.1. The first kappa shape index (κ1) is 8.43. The Morgan fingerprint density at radius 1 is 1.55 bits per heavy atom. The van der Waals surface area contributed by atoms with Gasteiger partial charge >= 0.3 is 0 Å². The van der Waals surface area contributed by atoms with Crippen molar-refractivity contribution in [3.63, 3.8) is 0 Å². The first-order chi connectivity index (χ1) is 5.25. The van der Waals surface area contributed by atoms with Gasteiger partial charge in [-0.1, -0.05) is 23.2 Å². The molecule has 0 aromatic carbocycles. The Morgan fingerprint density at radius 2 is 2.27 bits per heavy atom. The lowest BCUT2D eigenvalue weighted by atomic mass is 10.2. The van der Waals surface area contributed by atoms with E-state index in [1.54, 1.807) is 0 Å². The van der Waals surface area contributed by atoms with Gasteiger partial charge in [0.15, 0.2) is 5.15 Å². The van der Waals surface area contributed by atoms with Gasteiger partial charge in [0.2, 0.25) is 0 Å². The Balaban J connectivity index is 3.09. The number of aromatic nitrogens is 2. The van der Waals surface area contributed by atoms with E-state index >= 15 is 0 Å². The molecule has 0 spiro atoms. The zero-order valence-corrected chi connectivity index (χ0v) is 6.93. The normalized spacial score (nSPS) is 9.64. The van der Waals surface area contributed by atoms with Crippen molar-refractivity contribution in [3.05, 3.63) is 21.9 Å². The predicted octanol–water partition coefficient (Wildman–Crippen LogP) is 1.52. The highest BCUT2D eigenvalue weighted by Crippen LogP contribution is 2.20. The molecule has 0 amide bonds. The zero-order chi connectivity index (χ0) is 8.27. The molecule has 0 atom stereocenters. The standard InChI is InChI=1S/C6H4Cl2N2O/c7-5-3-9-10-6(8)4(5)1-2-11/h2-3H,1H2. The predicted molar refractivity (Wildman–Crippen MR) is 41.8 cm³/mol. The summed E-state index contributed by atoms with van der Waals surface area (Å²) in [4.78, 5) is 10.1. The summed E-state index contributed by atoms with van der Waals surface area (Å²) in [6, 6.07) is 0. The van der Waals surface area contributed by atoms with Crippen LogP contribution in [-0.2, 0) is 11.2 Å². The van der Waals surface area contributed by atoms with Crippen molar-refractivity contribution in [1.29, 1.82) is 0 Å². The molecule has 0 radical (unpaired) electrons. The number of hydrogen-bond acceptors (Lipinski definition) is 3. The molecule has 5 heteroatoms. The topological polar surface area (TPSA) is 42.9 Å². The lowest BCUT2D eigenvalue weighted by Gasteiger charge is -1.98. The van der Waals surface area contributed by atoms with E-state index in [1.165, 1.54) is 6.20 Å². The van der Waals surface area contributed by atoms with Crippen LogP contribution in [0.2, 0.25) is 10.2 Å². The van der Waals surface area contributed by atoms with Crippen LogP contribution in [0.15, 0.2) is 6.20 Å². The molecule has 0 bridgehead atoms. The molecule has 0 aliphatic rings. The van der Waals surface area contributed by atoms with Gasteiger partial charge < -0.3 is 4.79 Å². The van der Waals surface area contributed by atoms with Crippen LogP contribution in [0.25, 0.3) is 0 Å². The average molecular weight is 191 g/mol. The summed E-state index contributed by atoms with van der Waals surface area (Å²) < 4.78 is 0. The molecular weight excluding hydrogens is 187 g/mol. The molecular formula is C6H4Cl2N2O. The van der Waals surface area contributed by atoms with Crippen LogP contribution >= 0.6 is 23.2 Å². The van der Waals surface area contributed by atoms with Crippen LogP contribution in [0.4, 0.5) is 0 Å². The van der Waals surface area contributed by atoms with Gasteiger partial charge in [0, 0.05) is 12.0 Å². The van der Waals surface area contributed by atoms with E-state index in [2.05, 4.69) is 10.2 Å². The molecule has 0 fully saturated rings. The Kier molecular flexibility index (Phi) is 2.79. The Hall–Kier alpha value is -0.670. The number of carbonyl (C=O) groups excluding carboxylic acids is 1. The maximum Gasteiger partial charge on any atom is 0.156 e. The highest BCUT2D eigenvalue weighted by molar-refractivity contribution is 6.35. The molecule has 0 saturated carbocycles. The van der Waals surface area contributed by atoms with Crippen molar-refractivity contribution < 1.29 is 4.79 Å². The van der Waals surface area contributed by atoms with Crippen molar-refractivity contribution in [2.24, 2.45) is 0 Å². The largest absolute Gasteiger partial charge is 0.303 e. The average Bonchev–Trinajstić information content (AvgIpc) is 1.97. The van der Waals surface area contributed by atoms with Crippen molar-refractivity contribution >= 4 is 29.5 Å². The fraction of sp³-hybridized carbons (Fsp3) is 0.167. The van der Waals surface area contributed by atoms with Crippen LogP contribution in [0, 0.1) is 0 Å². The Labute approximate surface area is 73.3 Å². The Bertz CT molecular complexity index is 257. The van der Waals surface area contributed by atoms with Gasteiger partial charge in [0.1, 0.15) is 6.29 Å². The lowest BCUT2D eigenvalue weighted by Crippen LogP contribution is -1.93. The summed E-state index contributed by atoms with van der Waals surface area (Å²) in [5.74, 6) is 0. The van der Waals surface area contributed by atoms with Gasteiger partial charge in [0.25, 0.3) is 0 Å². The minimum absolute atomic E-state index is 0.174. The molecule has 1 aromatic rings. The quantitative estimate of drug-likeness (QED) is 0.665. The fourth-order valence-corrected chi connectivity index (χ4v) is 1.11. The Morgan fingerprint density at radius 3 is 2.82 bits per heavy atom. The number of nitrogens with zero attached hydrogens (tertiary/aromatic N) is 2. The van der Waals surface area contributed by atoms with Gasteiger partial charge in [-0.2, -0.15) is 5.10 Å². The van der Waals surface area contributed by atoms with E-state index in [-0.39, 0.29) is 11.6 Å². The summed E-state index contributed by atoms with van der Waals surface area (Å²) in [5.41, 5.74) is 0.526. The van der Waals surface area contributed by atoms with Crippen LogP contribution in [0.5, 0.6) is 0 Å². The molecule has 3 nitrogen and oxygen atoms in total. The smallest absolute Gasteiger partial charge is 0.156 e. The zero-order valence-electron chi connectivity index (χ0n) is 5.42. The molecule has 0 aliphatic heterocycles. The third-order valence-electron chi connectivity index (χ3n) is 1.14. The number of halogens is 2. The van der Waals surface area contributed by atoms with Crippen LogP contribution in [-0.4, -0.2) is 16.5 Å². The molecule has 0 saturated heterocycles. The minimum Gasteiger partial charge on any atom is -0.303 e. The van der Waals surface area contributed by atoms with Crippen molar-refractivity contribution in [2.45, 2.75) is 6.42 Å². The first-order valence-corrected chi connectivity index (χ1v) is 3.60. The highest BCUT2D eigenvalue weighted by Gasteiger charge is 2.05. The third-order valence-corrected chi connectivity index (χ3v) is 1.77. The van der Waals surface area contributed by atoms with Crippen molar-refractivity contribution in [2.75, 3.05) is 0 Å². The van der Waals surface area contributed by atoms with Crippen LogP contribution < -0.4 is 0 Å². The van der Waals surface area contributed by atoms with E-state index in [0.717, 1.165) is 6.29 Å². The van der Waals surface area contributed by atoms with Crippen molar-refractivity contribution in [3.8, 4) is 0 Å². The summed E-state index contributed by atoms with van der Waals surface area (Å²) >= 11 is 11.3. The summed E-state index contributed by atoms with van der Waals surface area (Å²) in [7, 11) is 0. The van der Waals surface area contributed by atoms with Crippen LogP contribution in [0.1, 0.15) is 5.56 Å². The summed E-state index contributed by atoms with van der Waals surface area (Å²) in [6.45, 7) is 0. The molecule has 1 rings (SSSR count). The lowest BCUT2D eigenvalue weighted by molar-refractivity contribution is -0.107. The minimum atomic E-state index is 0.174. The summed E-state index contributed by atoms with van der Waals surface area (Å²) in [6.07, 6.45) is 2.24. The van der Waals surface area contributed by atoms with Gasteiger partial charge in [0.05, 0.1) is 11.2 Å². The van der Waals surface area contributed by atoms with E-state index < -0.39 is 0 Å².